The minimum atomic E-state index is -0.473. The lowest BCUT2D eigenvalue weighted by atomic mass is 9.97. The molecule has 0 radical (unpaired) electrons. The topological polar surface area (TPSA) is 96.5 Å². The van der Waals surface area contributed by atoms with Crippen LogP contribution in [0.4, 0.5) is 4.79 Å². The van der Waals surface area contributed by atoms with Gasteiger partial charge in [-0.2, -0.15) is 10.2 Å². The number of pyridine rings is 1. The smallest absolute Gasteiger partial charge is 0.410 e. The molecule has 0 saturated carbocycles. The van der Waals surface area contributed by atoms with Crippen molar-refractivity contribution >= 4 is 6.09 Å². The molecule has 5 heterocycles. The zero-order valence-electron chi connectivity index (χ0n) is 23.1. The van der Waals surface area contributed by atoms with Crippen molar-refractivity contribution in [2.45, 2.75) is 65.5 Å². The van der Waals surface area contributed by atoms with E-state index in [1.54, 1.807) is 7.11 Å². The summed E-state index contributed by atoms with van der Waals surface area (Å²) in [6.07, 6.45) is 9.04. The molecule has 204 valence electrons. The number of methoxy groups -OCH3 is 1. The summed E-state index contributed by atoms with van der Waals surface area (Å²) in [5, 5.41) is 9.74. The van der Waals surface area contributed by atoms with Gasteiger partial charge in [0.2, 0.25) is 5.88 Å². The molecular weight excluding hydrogens is 484 g/mol. The molecule has 1 fully saturated rings. The summed E-state index contributed by atoms with van der Waals surface area (Å²) in [5.41, 5.74) is 5.73. The van der Waals surface area contributed by atoms with Gasteiger partial charge in [0.25, 0.3) is 0 Å². The quantitative estimate of drug-likeness (QED) is 0.495. The highest BCUT2D eigenvalue weighted by molar-refractivity contribution is 5.68. The Labute approximate surface area is 223 Å². The lowest BCUT2D eigenvalue weighted by Gasteiger charge is -2.33. The fraction of sp³-hybridized carbons (Fsp3) is 0.571. The van der Waals surface area contributed by atoms with Crippen LogP contribution in [0.5, 0.6) is 5.88 Å². The van der Waals surface area contributed by atoms with E-state index in [1.165, 1.54) is 5.56 Å². The van der Waals surface area contributed by atoms with E-state index < -0.39 is 5.60 Å². The molecule has 0 unspecified atom stereocenters. The number of piperidine rings is 1. The maximum absolute atomic E-state index is 12.4. The second-order valence-corrected chi connectivity index (χ2v) is 11.2. The summed E-state index contributed by atoms with van der Waals surface area (Å²) in [6, 6.07) is 2.06. The van der Waals surface area contributed by atoms with E-state index >= 15 is 0 Å². The number of amides is 1. The van der Waals surface area contributed by atoms with Gasteiger partial charge in [0, 0.05) is 48.9 Å². The maximum atomic E-state index is 12.4. The third kappa shape index (κ3) is 5.70. The van der Waals surface area contributed by atoms with Gasteiger partial charge in [0.05, 0.1) is 49.8 Å². The van der Waals surface area contributed by atoms with Crippen molar-refractivity contribution in [2.75, 3.05) is 33.4 Å². The van der Waals surface area contributed by atoms with Gasteiger partial charge in [-0.15, -0.1) is 0 Å². The summed E-state index contributed by atoms with van der Waals surface area (Å²) < 4.78 is 20.7. The Hall–Kier alpha value is -3.40. The van der Waals surface area contributed by atoms with Crippen LogP contribution in [0.3, 0.4) is 0 Å². The molecule has 2 aliphatic rings. The molecule has 0 atom stereocenters. The first-order valence-electron chi connectivity index (χ1n) is 13.4. The largest absolute Gasteiger partial charge is 0.481 e. The number of aryl methyl sites for hydroxylation is 1. The van der Waals surface area contributed by atoms with Crippen molar-refractivity contribution < 1.29 is 19.0 Å². The van der Waals surface area contributed by atoms with E-state index in [-0.39, 0.29) is 6.09 Å². The molecule has 0 bridgehead atoms. The number of likely N-dealkylation sites (tertiary alicyclic amines) is 1. The first kappa shape index (κ1) is 26.2. The van der Waals surface area contributed by atoms with E-state index in [2.05, 4.69) is 22.3 Å². The molecule has 1 amide bonds. The predicted octanol–water partition coefficient (Wildman–Crippen LogP) is 4.21. The normalized spacial score (nSPS) is 16.7. The Bertz CT molecular complexity index is 1280. The van der Waals surface area contributed by atoms with Crippen LogP contribution in [0.15, 0.2) is 24.7 Å². The minimum absolute atomic E-state index is 0.222. The molecule has 38 heavy (non-hydrogen) atoms. The highest BCUT2D eigenvalue weighted by Gasteiger charge is 2.28. The average molecular weight is 523 g/mol. The van der Waals surface area contributed by atoms with Gasteiger partial charge in [-0.1, -0.05) is 0 Å². The summed E-state index contributed by atoms with van der Waals surface area (Å²) >= 11 is 0. The molecular formula is C28H38N6O4. The maximum Gasteiger partial charge on any atom is 0.410 e. The van der Waals surface area contributed by atoms with Crippen molar-refractivity contribution in [3.05, 3.63) is 41.5 Å². The SMILES string of the molecule is COc1ncc(-n2nc(-c3cnn(CC4CCN(C(=O)OC(C)(C)C)CC4)c3)c3c2CCOCC3)cc1C. The van der Waals surface area contributed by atoms with Gasteiger partial charge in [-0.05, 0) is 58.9 Å². The van der Waals surface area contributed by atoms with Crippen molar-refractivity contribution in [1.82, 2.24) is 29.4 Å². The molecule has 10 heteroatoms. The standard InChI is InChI=1S/C28H38N6O4/c1-19-14-22(16-29-26(19)36-5)34-24-9-13-37-12-8-23(24)25(31-34)21-15-30-33(18-21)17-20-6-10-32(11-7-20)27(35)38-28(2,3)4/h14-16,18,20H,6-13,17H2,1-5H3. The zero-order chi connectivity index (χ0) is 26.9. The van der Waals surface area contributed by atoms with Gasteiger partial charge in [-0.3, -0.25) is 4.68 Å². The van der Waals surface area contributed by atoms with Crippen LogP contribution in [-0.4, -0.2) is 74.6 Å². The van der Waals surface area contributed by atoms with Crippen LogP contribution in [-0.2, 0) is 28.9 Å². The average Bonchev–Trinajstić information content (AvgIpc) is 3.40. The van der Waals surface area contributed by atoms with Gasteiger partial charge >= 0.3 is 6.09 Å². The van der Waals surface area contributed by atoms with Crippen LogP contribution in [0.25, 0.3) is 16.9 Å². The number of carbonyl (C=O) groups excluding carboxylic acids is 1. The van der Waals surface area contributed by atoms with E-state index in [4.69, 9.17) is 19.3 Å². The van der Waals surface area contributed by atoms with E-state index in [9.17, 15) is 4.79 Å². The first-order valence-corrected chi connectivity index (χ1v) is 13.4. The third-order valence-corrected chi connectivity index (χ3v) is 7.14. The molecule has 10 nitrogen and oxygen atoms in total. The Kier molecular flexibility index (Phi) is 7.43. The number of fused-ring (bicyclic) bond motifs is 1. The Morgan fingerprint density at radius 1 is 1.16 bits per heavy atom. The molecule has 5 rings (SSSR count). The Morgan fingerprint density at radius 2 is 1.92 bits per heavy atom. The number of rotatable bonds is 5. The number of hydrogen-bond donors (Lipinski definition) is 0. The Balaban J connectivity index is 1.32. The highest BCUT2D eigenvalue weighted by atomic mass is 16.6. The minimum Gasteiger partial charge on any atom is -0.481 e. The number of ether oxygens (including phenoxy) is 3. The van der Waals surface area contributed by atoms with Crippen molar-refractivity contribution in [3.63, 3.8) is 0 Å². The summed E-state index contributed by atoms with van der Waals surface area (Å²) in [4.78, 5) is 18.7. The third-order valence-electron chi connectivity index (χ3n) is 7.14. The lowest BCUT2D eigenvalue weighted by molar-refractivity contribution is 0.0177. The van der Waals surface area contributed by atoms with Gasteiger partial charge < -0.3 is 19.1 Å². The molecule has 0 aliphatic carbocycles. The number of hydrogen-bond acceptors (Lipinski definition) is 7. The molecule has 0 aromatic carbocycles. The van der Waals surface area contributed by atoms with Crippen LogP contribution in [0.2, 0.25) is 0 Å². The van der Waals surface area contributed by atoms with Gasteiger partial charge in [-0.25, -0.2) is 14.5 Å². The van der Waals surface area contributed by atoms with Crippen molar-refractivity contribution in [2.24, 2.45) is 5.92 Å². The summed E-state index contributed by atoms with van der Waals surface area (Å²) in [5.74, 6) is 1.08. The molecule has 3 aromatic rings. The number of carbonyl (C=O) groups is 1. The van der Waals surface area contributed by atoms with E-state index in [0.29, 0.717) is 38.1 Å². The van der Waals surface area contributed by atoms with Crippen LogP contribution in [0, 0.1) is 12.8 Å². The molecule has 3 aromatic heterocycles. The fourth-order valence-corrected chi connectivity index (χ4v) is 5.25. The second kappa shape index (κ2) is 10.8. The molecule has 0 N–H and O–H groups in total. The highest BCUT2D eigenvalue weighted by Crippen LogP contribution is 2.31. The van der Waals surface area contributed by atoms with Gasteiger partial charge in [0.1, 0.15) is 5.60 Å². The van der Waals surface area contributed by atoms with Crippen LogP contribution >= 0.6 is 0 Å². The summed E-state index contributed by atoms with van der Waals surface area (Å²) in [7, 11) is 1.63. The summed E-state index contributed by atoms with van der Waals surface area (Å²) in [6.45, 7) is 11.3. The lowest BCUT2D eigenvalue weighted by Crippen LogP contribution is -2.42. The van der Waals surface area contributed by atoms with Crippen molar-refractivity contribution in [3.8, 4) is 22.8 Å². The predicted molar refractivity (Wildman–Crippen MR) is 143 cm³/mol. The first-order chi connectivity index (χ1) is 18.2. The fourth-order valence-electron chi connectivity index (χ4n) is 5.25. The molecule has 2 aliphatic heterocycles. The molecule has 0 spiro atoms. The monoisotopic (exact) mass is 522 g/mol. The molecule has 1 saturated heterocycles. The second-order valence-electron chi connectivity index (χ2n) is 11.2. The van der Waals surface area contributed by atoms with Gasteiger partial charge in [0.15, 0.2) is 0 Å². The van der Waals surface area contributed by atoms with Crippen LogP contribution < -0.4 is 4.74 Å². The van der Waals surface area contributed by atoms with E-state index in [1.807, 2.05) is 54.4 Å². The van der Waals surface area contributed by atoms with Crippen LogP contribution in [0.1, 0.15) is 50.4 Å². The number of aromatic nitrogens is 5. The zero-order valence-corrected chi connectivity index (χ0v) is 23.1. The Morgan fingerprint density at radius 3 is 2.63 bits per heavy atom. The number of nitrogens with zero attached hydrogens (tertiary/aromatic N) is 6. The van der Waals surface area contributed by atoms with Crippen molar-refractivity contribution in [1.29, 1.82) is 0 Å². The van der Waals surface area contributed by atoms with E-state index in [0.717, 1.165) is 60.4 Å².